The predicted molar refractivity (Wildman–Crippen MR) is 334 cm³/mol. The molecule has 4 fully saturated rings. The van der Waals surface area contributed by atoms with Crippen LogP contribution in [0.15, 0.2) is 156 Å². The summed E-state index contributed by atoms with van der Waals surface area (Å²) in [5.41, 5.74) is 26.2. The summed E-state index contributed by atoms with van der Waals surface area (Å²) in [5.74, 6) is 2.73. The quantitative estimate of drug-likeness (QED) is 0.160. The van der Waals surface area contributed by atoms with E-state index >= 15 is 0 Å². The first kappa shape index (κ1) is 48.2. The summed E-state index contributed by atoms with van der Waals surface area (Å²) in [7, 11) is 0. The molecule has 4 heteroatoms. The summed E-state index contributed by atoms with van der Waals surface area (Å²) in [4.78, 5) is 5.41. The van der Waals surface area contributed by atoms with Crippen molar-refractivity contribution < 1.29 is 4.42 Å². The molecule has 3 nitrogen and oxygen atoms in total. The van der Waals surface area contributed by atoms with Gasteiger partial charge in [0.1, 0.15) is 5.58 Å². The maximum Gasteiger partial charge on any atom is 0.297 e. The highest BCUT2D eigenvalue weighted by Gasteiger charge is 2.58. The Morgan fingerprint density at radius 3 is 1.89 bits per heavy atom. The minimum Gasteiger partial charge on any atom is -0.468 e. The standard InChI is InChI=1S/C75H75BN2O/c1-73(2,3)54-34-37-58-53(41-54)31-38-63-70(58)77(57-35-29-51(30-36-57)50-27-25-49(26-28-50)47-16-9-7-10-17-47)65-43-56(74(4,5)6)44-66-69(65)76(63)72-71(60-42-52(32-39-67(60)79-72)48-18-11-8-12-19-48)78(66)64-23-15-22-62-68(64)59-20-13-14-21-61(59)75(62)45-46-24-33-55(75)40-46/h13-15,20-23,25-32,34-39,41-44,46-48,55H,7-12,16-19,24,33,40,45H2,1-6H3. The highest BCUT2D eigenvalue weighted by Crippen LogP contribution is 2.67. The van der Waals surface area contributed by atoms with E-state index in [1.54, 1.807) is 11.1 Å². The first-order valence-electron chi connectivity index (χ1n) is 30.8. The maximum atomic E-state index is 7.68. The number of fused-ring (bicyclic) bond motifs is 16. The lowest BCUT2D eigenvalue weighted by atomic mass is 9.35. The van der Waals surface area contributed by atoms with Gasteiger partial charge in [-0.05, 0) is 188 Å². The molecule has 8 aromatic carbocycles. The average Bonchev–Trinajstić information content (AvgIpc) is 2.34. The van der Waals surface area contributed by atoms with Crippen molar-refractivity contribution in [3.05, 3.63) is 185 Å². The fraction of sp³-hybridized carbons (Fsp3) is 0.360. The van der Waals surface area contributed by atoms with Gasteiger partial charge in [0.15, 0.2) is 0 Å². The number of hydrogen-bond acceptors (Lipinski definition) is 3. The fourth-order valence-corrected chi connectivity index (χ4v) is 17.2. The van der Waals surface area contributed by atoms with Crippen LogP contribution in [0.3, 0.4) is 0 Å². The van der Waals surface area contributed by atoms with Crippen molar-refractivity contribution in [1.29, 1.82) is 0 Å². The molecule has 3 atom stereocenters. The zero-order chi connectivity index (χ0) is 53.1. The van der Waals surface area contributed by atoms with E-state index in [1.807, 2.05) is 0 Å². The zero-order valence-electron chi connectivity index (χ0n) is 47.5. The highest BCUT2D eigenvalue weighted by molar-refractivity contribution is 7.00. The minimum absolute atomic E-state index is 0.0128. The van der Waals surface area contributed by atoms with Gasteiger partial charge in [-0.2, -0.15) is 0 Å². The molecule has 1 spiro atoms. The van der Waals surface area contributed by atoms with E-state index in [-0.39, 0.29) is 23.0 Å². The van der Waals surface area contributed by atoms with Gasteiger partial charge in [-0.1, -0.05) is 196 Å². The molecule has 0 amide bonds. The molecule has 7 aliphatic rings. The molecule has 1 aromatic heterocycles. The third-order valence-electron chi connectivity index (χ3n) is 21.2. The molecule has 79 heavy (non-hydrogen) atoms. The van der Waals surface area contributed by atoms with Crippen LogP contribution in [0.2, 0.25) is 0 Å². The third-order valence-corrected chi connectivity index (χ3v) is 21.2. The van der Waals surface area contributed by atoms with Crippen LogP contribution in [0.1, 0.15) is 177 Å². The Hall–Kier alpha value is -6.78. The first-order valence-corrected chi connectivity index (χ1v) is 30.8. The first-order chi connectivity index (χ1) is 38.4. The molecular formula is C75H75BN2O. The fourth-order valence-electron chi connectivity index (χ4n) is 17.2. The molecule has 4 saturated carbocycles. The number of rotatable bonds is 5. The second-order valence-corrected chi connectivity index (χ2v) is 27.7. The SMILES string of the molecule is CC(C)(C)c1cc2c3c(c1)N(c1cccc4c1-c1ccccc1C41CC4CCC1C4)c1c(oc4ccc(C5CCCCC5)cc14)B3c1ccc3cc(C(C)(C)C)ccc3c1N2c1ccc(-c2ccc(C3CCCCC3)cc2)cc1. The highest BCUT2D eigenvalue weighted by atomic mass is 16.3. The largest absolute Gasteiger partial charge is 0.468 e. The van der Waals surface area contributed by atoms with E-state index in [0.29, 0.717) is 17.8 Å². The van der Waals surface area contributed by atoms with Gasteiger partial charge >= 0.3 is 0 Å². The van der Waals surface area contributed by atoms with Crippen LogP contribution in [0.5, 0.6) is 0 Å². The Morgan fingerprint density at radius 2 is 1.19 bits per heavy atom. The Kier molecular flexibility index (Phi) is 10.7. The summed E-state index contributed by atoms with van der Waals surface area (Å²) in [5, 5.41) is 3.79. The maximum absolute atomic E-state index is 7.68. The molecule has 3 heterocycles. The van der Waals surface area contributed by atoms with E-state index in [0.717, 1.165) is 17.2 Å². The smallest absolute Gasteiger partial charge is 0.297 e. The van der Waals surface area contributed by atoms with E-state index in [1.165, 1.54) is 196 Å². The summed E-state index contributed by atoms with van der Waals surface area (Å²) >= 11 is 0. The van der Waals surface area contributed by atoms with Gasteiger partial charge in [0, 0.05) is 44.5 Å². The van der Waals surface area contributed by atoms with Crippen LogP contribution in [0.25, 0.3) is 44.0 Å². The van der Waals surface area contributed by atoms with Crippen molar-refractivity contribution in [2.75, 3.05) is 9.80 Å². The summed E-state index contributed by atoms with van der Waals surface area (Å²) in [6.45, 7) is 14.1. The molecular weight excluding hydrogens is 956 g/mol. The van der Waals surface area contributed by atoms with Crippen molar-refractivity contribution in [3.8, 4) is 22.3 Å². The van der Waals surface area contributed by atoms with Crippen LogP contribution in [-0.2, 0) is 16.2 Å². The van der Waals surface area contributed by atoms with Gasteiger partial charge in [0.2, 0.25) is 0 Å². The molecule has 2 aliphatic heterocycles. The number of furan rings is 1. The van der Waals surface area contributed by atoms with E-state index in [2.05, 4.69) is 203 Å². The second-order valence-electron chi connectivity index (χ2n) is 27.7. The number of hydrogen-bond donors (Lipinski definition) is 0. The van der Waals surface area contributed by atoms with E-state index in [9.17, 15) is 0 Å². The van der Waals surface area contributed by atoms with Gasteiger partial charge in [0.25, 0.3) is 6.71 Å². The van der Waals surface area contributed by atoms with Crippen LogP contribution in [-0.4, -0.2) is 6.71 Å². The molecule has 9 aromatic rings. The predicted octanol–water partition coefficient (Wildman–Crippen LogP) is 19.1. The monoisotopic (exact) mass is 1030 g/mol. The van der Waals surface area contributed by atoms with Crippen LogP contribution < -0.4 is 26.4 Å². The molecule has 0 N–H and O–H groups in total. The Bertz CT molecular complexity index is 3930. The molecule has 0 radical (unpaired) electrons. The van der Waals surface area contributed by atoms with Gasteiger partial charge < -0.3 is 14.2 Å². The lowest BCUT2D eigenvalue weighted by molar-refractivity contribution is 0.327. The van der Waals surface area contributed by atoms with Gasteiger partial charge in [-0.3, -0.25) is 0 Å². The van der Waals surface area contributed by atoms with E-state index in [4.69, 9.17) is 4.42 Å². The molecule has 16 rings (SSSR count). The van der Waals surface area contributed by atoms with Crippen molar-refractivity contribution in [1.82, 2.24) is 0 Å². The van der Waals surface area contributed by atoms with Crippen molar-refractivity contribution >= 4 is 79.2 Å². The topological polar surface area (TPSA) is 19.6 Å². The Morgan fingerprint density at radius 1 is 0.519 bits per heavy atom. The second kappa shape index (κ2) is 17.6. The lowest BCUT2D eigenvalue weighted by Crippen LogP contribution is -2.61. The average molecular weight is 1030 g/mol. The Balaban J connectivity index is 0.967. The Labute approximate surface area is 469 Å². The van der Waals surface area contributed by atoms with Gasteiger partial charge in [-0.15, -0.1) is 0 Å². The number of benzene rings is 8. The molecule has 3 unspecified atom stereocenters. The summed E-state index contributed by atoms with van der Waals surface area (Å²) < 4.78 is 7.68. The third kappa shape index (κ3) is 7.23. The van der Waals surface area contributed by atoms with Crippen LogP contribution in [0.4, 0.5) is 34.1 Å². The van der Waals surface area contributed by atoms with Crippen LogP contribution in [0, 0.1) is 11.8 Å². The van der Waals surface area contributed by atoms with Gasteiger partial charge in [0.05, 0.1) is 17.0 Å². The minimum atomic E-state index is -0.155. The molecule has 2 bridgehead atoms. The molecule has 394 valence electrons. The lowest BCUT2D eigenvalue weighted by Gasteiger charge is -2.44. The van der Waals surface area contributed by atoms with E-state index < -0.39 is 0 Å². The van der Waals surface area contributed by atoms with Crippen LogP contribution >= 0.6 is 0 Å². The van der Waals surface area contributed by atoms with Crippen molar-refractivity contribution in [3.63, 3.8) is 0 Å². The van der Waals surface area contributed by atoms with Crippen molar-refractivity contribution in [2.45, 2.75) is 160 Å². The summed E-state index contributed by atoms with van der Waals surface area (Å²) in [6, 6.07) is 60.8. The number of anilines is 6. The normalized spacial score (nSPS) is 21.5. The summed E-state index contributed by atoms with van der Waals surface area (Å²) in [6.07, 6.45) is 18.5. The number of nitrogens with zero attached hydrogens (tertiary/aromatic N) is 2. The zero-order valence-corrected chi connectivity index (χ0v) is 47.5. The van der Waals surface area contributed by atoms with Gasteiger partial charge in [-0.25, -0.2) is 0 Å². The van der Waals surface area contributed by atoms with Crippen molar-refractivity contribution in [2.24, 2.45) is 11.8 Å². The molecule has 5 aliphatic carbocycles. The molecule has 0 saturated heterocycles.